The normalized spacial score (nSPS) is 13.5. The molecule has 0 aromatic heterocycles. The van der Waals surface area contributed by atoms with E-state index in [0.29, 0.717) is 6.42 Å². The first-order valence-corrected chi connectivity index (χ1v) is 8.97. The predicted octanol–water partition coefficient (Wildman–Crippen LogP) is -0.397. The average molecular weight is 334 g/mol. The van der Waals surface area contributed by atoms with Gasteiger partial charge in [0.1, 0.15) is 0 Å². The Balaban J connectivity index is 0. The van der Waals surface area contributed by atoms with Crippen LogP contribution in [0, 0.1) is 0 Å². The van der Waals surface area contributed by atoms with E-state index in [1.807, 2.05) is 0 Å². The maximum absolute atomic E-state index is 10.5. The average Bonchev–Trinajstić information content (AvgIpc) is 2.39. The Kier molecular flexibility index (Phi) is 12.8. The fourth-order valence-electron chi connectivity index (χ4n) is 1.88. The highest BCUT2D eigenvalue weighted by molar-refractivity contribution is 7.85. The third-order valence-corrected chi connectivity index (χ3v) is 4.27. The highest BCUT2D eigenvalue weighted by Crippen LogP contribution is 2.08. The van der Waals surface area contributed by atoms with Gasteiger partial charge in [0.25, 0.3) is 10.1 Å². The van der Waals surface area contributed by atoms with E-state index in [0.717, 1.165) is 37.1 Å². The van der Waals surface area contributed by atoms with Crippen LogP contribution in [0.2, 0.25) is 0 Å². The van der Waals surface area contributed by atoms with Gasteiger partial charge in [0, 0.05) is 0 Å². The first kappa shape index (κ1) is 22.2. The van der Waals surface area contributed by atoms with E-state index >= 15 is 0 Å². The van der Waals surface area contributed by atoms with E-state index in [1.165, 1.54) is 0 Å². The predicted molar refractivity (Wildman–Crippen MR) is 72.4 cm³/mol. The molecule has 0 aliphatic carbocycles. The van der Waals surface area contributed by atoms with Crippen molar-refractivity contribution in [2.75, 3.05) is 31.9 Å². The van der Waals surface area contributed by atoms with Crippen molar-refractivity contribution in [2.24, 2.45) is 0 Å². The summed E-state index contributed by atoms with van der Waals surface area (Å²) in [5.41, 5.74) is 0. The Morgan fingerprint density at radius 3 is 1.80 bits per heavy atom. The van der Waals surface area contributed by atoms with Crippen molar-refractivity contribution in [3.05, 3.63) is 0 Å². The van der Waals surface area contributed by atoms with Gasteiger partial charge in [0.15, 0.2) is 0 Å². The molecule has 0 bridgehead atoms. The summed E-state index contributed by atoms with van der Waals surface area (Å²) < 4.78 is 50.7. The van der Waals surface area contributed by atoms with Crippen LogP contribution in [0.5, 0.6) is 0 Å². The first-order chi connectivity index (χ1) is 9.16. The van der Waals surface area contributed by atoms with Crippen molar-refractivity contribution in [1.82, 2.24) is 0 Å². The number of quaternary nitrogens is 1. The molecule has 0 fully saturated rings. The van der Waals surface area contributed by atoms with Crippen molar-refractivity contribution in [1.29, 1.82) is 0 Å². The zero-order valence-electron chi connectivity index (χ0n) is 12.1. The Bertz CT molecular complexity index is 346. The summed E-state index contributed by atoms with van der Waals surface area (Å²) in [5.74, 6) is -0.107. The molecule has 0 rings (SSSR count). The van der Waals surface area contributed by atoms with Gasteiger partial charge in [-0.2, -0.15) is 8.42 Å². The molecule has 0 saturated heterocycles. The van der Waals surface area contributed by atoms with Gasteiger partial charge in [-0.1, -0.05) is 0 Å². The minimum atomic E-state index is -3.77. The van der Waals surface area contributed by atoms with Crippen molar-refractivity contribution >= 4 is 21.5 Å². The minimum absolute atomic E-state index is 0.107. The van der Waals surface area contributed by atoms with E-state index in [4.69, 9.17) is 18.6 Å². The number of hydrogen-bond donors (Lipinski definition) is 1. The second kappa shape index (κ2) is 11.5. The Morgan fingerprint density at radius 2 is 1.55 bits per heavy atom. The molecule has 1 unspecified atom stereocenters. The lowest BCUT2D eigenvalue weighted by molar-refractivity contribution is -0.923. The molecule has 0 aliphatic heterocycles. The van der Waals surface area contributed by atoms with Gasteiger partial charge in [0.05, 0.1) is 43.3 Å². The van der Waals surface area contributed by atoms with Crippen molar-refractivity contribution < 1.29 is 35.8 Å². The van der Waals surface area contributed by atoms with Gasteiger partial charge in [-0.15, -0.1) is 0 Å². The standard InChI is InChI=1S/C10H23NO3S.H2O4S/c1-4-11(5-2,6-3)9-7-8-10-15(12,13)14;1-4-5(2)3/h4-10H2,1-3H3;1H,(H,2,3)/p-1. The maximum atomic E-state index is 10.5. The second-order valence-corrected chi connectivity index (χ2v) is 6.40. The lowest BCUT2D eigenvalue weighted by Crippen LogP contribution is -2.48. The molecule has 0 saturated carbocycles. The van der Waals surface area contributed by atoms with Crippen LogP contribution in [0.1, 0.15) is 33.6 Å². The molecular formula is C10H24NO7S2-. The van der Waals surface area contributed by atoms with Crippen LogP contribution in [-0.2, 0) is 25.8 Å². The molecule has 0 heterocycles. The monoisotopic (exact) mass is 334 g/mol. The molecule has 20 heavy (non-hydrogen) atoms. The summed E-state index contributed by atoms with van der Waals surface area (Å²) in [6.45, 7) is 10.7. The van der Waals surface area contributed by atoms with Gasteiger partial charge >= 0.3 is 0 Å². The summed E-state index contributed by atoms with van der Waals surface area (Å²) in [6, 6.07) is 0. The summed E-state index contributed by atoms with van der Waals surface area (Å²) in [5, 5.41) is 8.52. The summed E-state index contributed by atoms with van der Waals surface area (Å²) in [7, 11) is -3.77. The summed E-state index contributed by atoms with van der Waals surface area (Å²) >= 11 is -2.88. The van der Waals surface area contributed by atoms with Gasteiger partial charge in [-0.05, 0) is 33.6 Å². The Hall–Kier alpha value is -0.100. The molecular weight excluding hydrogens is 310 g/mol. The van der Waals surface area contributed by atoms with Gasteiger partial charge in [0.2, 0.25) is 0 Å². The fraction of sp³-hybridized carbons (Fsp3) is 1.00. The number of nitrogens with zero attached hydrogens (tertiary/aromatic N) is 1. The van der Waals surface area contributed by atoms with E-state index in [9.17, 15) is 8.42 Å². The largest absolute Gasteiger partial charge is 0.750 e. The summed E-state index contributed by atoms with van der Waals surface area (Å²) in [6.07, 6.45) is 1.41. The molecule has 1 N–H and O–H groups in total. The minimum Gasteiger partial charge on any atom is -0.750 e. The molecule has 1 atom stereocenters. The highest BCUT2D eigenvalue weighted by Gasteiger charge is 2.19. The quantitative estimate of drug-likeness (QED) is 0.152. The smallest absolute Gasteiger partial charge is 0.264 e. The summed E-state index contributed by atoms with van der Waals surface area (Å²) in [4.78, 5) is 0. The fourth-order valence-corrected chi connectivity index (χ4v) is 2.45. The molecule has 0 amide bonds. The topological polar surface area (TPSA) is 127 Å². The third kappa shape index (κ3) is 12.9. The lowest BCUT2D eigenvalue weighted by Gasteiger charge is -2.35. The van der Waals surface area contributed by atoms with Crippen LogP contribution in [0.3, 0.4) is 0 Å². The highest BCUT2D eigenvalue weighted by atomic mass is 32.2. The molecule has 10 heteroatoms. The van der Waals surface area contributed by atoms with E-state index in [2.05, 4.69) is 25.1 Å². The number of hydrogen-bond acceptors (Lipinski definition) is 6. The van der Waals surface area contributed by atoms with Crippen LogP contribution in [0.4, 0.5) is 0 Å². The SMILES string of the molecule is CC[N+](CC)(CC)CCCCS(=O)(=O)O.O=S([O-])O[O-]. The van der Waals surface area contributed by atoms with Gasteiger partial charge in [-0.3, -0.25) is 4.55 Å². The molecule has 0 aromatic rings. The lowest BCUT2D eigenvalue weighted by atomic mass is 10.2. The van der Waals surface area contributed by atoms with Gasteiger partial charge < -0.3 is 18.6 Å². The van der Waals surface area contributed by atoms with Crippen LogP contribution in [0.15, 0.2) is 0 Å². The molecule has 0 spiro atoms. The number of unbranched alkanes of at least 4 members (excludes halogenated alkanes) is 1. The Labute approximate surface area is 123 Å². The van der Waals surface area contributed by atoms with Crippen molar-refractivity contribution in [2.45, 2.75) is 33.6 Å². The van der Waals surface area contributed by atoms with E-state index < -0.39 is 21.5 Å². The molecule has 0 aliphatic rings. The molecule has 8 nitrogen and oxygen atoms in total. The van der Waals surface area contributed by atoms with E-state index in [-0.39, 0.29) is 5.75 Å². The zero-order valence-corrected chi connectivity index (χ0v) is 13.7. The maximum Gasteiger partial charge on any atom is 0.264 e. The van der Waals surface area contributed by atoms with Gasteiger partial charge in [-0.25, -0.2) is 4.21 Å². The van der Waals surface area contributed by atoms with Crippen molar-refractivity contribution in [3.63, 3.8) is 0 Å². The van der Waals surface area contributed by atoms with Crippen LogP contribution < -0.4 is 5.26 Å². The van der Waals surface area contributed by atoms with Crippen LogP contribution in [0.25, 0.3) is 0 Å². The zero-order chi connectivity index (χ0) is 16.2. The molecule has 0 radical (unpaired) electrons. The molecule has 124 valence electrons. The number of rotatable bonds is 9. The van der Waals surface area contributed by atoms with E-state index in [1.54, 1.807) is 0 Å². The second-order valence-electron chi connectivity index (χ2n) is 4.28. The third-order valence-electron chi connectivity index (χ3n) is 3.35. The van der Waals surface area contributed by atoms with Crippen LogP contribution >= 0.6 is 0 Å². The van der Waals surface area contributed by atoms with Crippen LogP contribution in [-0.4, -0.2) is 58.1 Å². The van der Waals surface area contributed by atoms with Crippen molar-refractivity contribution in [3.8, 4) is 0 Å². The Morgan fingerprint density at radius 1 is 1.15 bits per heavy atom. The first-order valence-electron chi connectivity index (χ1n) is 6.36. The molecule has 0 aromatic carbocycles.